The van der Waals surface area contributed by atoms with E-state index < -0.39 is 0 Å². The molecule has 0 amide bonds. The first-order chi connectivity index (χ1) is 8.20. The Morgan fingerprint density at radius 2 is 2.18 bits per heavy atom. The Hall–Kier alpha value is -1.02. The normalized spacial score (nSPS) is 21.1. The van der Waals surface area contributed by atoms with Crippen LogP contribution in [-0.2, 0) is 6.42 Å². The Morgan fingerprint density at radius 3 is 2.94 bits per heavy atom. The van der Waals surface area contributed by atoms with E-state index in [9.17, 15) is 0 Å². The van der Waals surface area contributed by atoms with Crippen molar-refractivity contribution in [3.63, 3.8) is 0 Å². The first-order valence-electron chi connectivity index (χ1n) is 6.79. The van der Waals surface area contributed by atoms with Gasteiger partial charge in [0.15, 0.2) is 0 Å². The summed E-state index contributed by atoms with van der Waals surface area (Å²) in [5.74, 6) is 0.735. The number of hydrogen-bond donors (Lipinski definition) is 1. The third kappa shape index (κ3) is 3.01. The van der Waals surface area contributed by atoms with Crippen molar-refractivity contribution in [1.82, 2.24) is 0 Å². The molecule has 0 fully saturated rings. The molecule has 2 heteroatoms. The van der Waals surface area contributed by atoms with Crippen molar-refractivity contribution in [1.29, 1.82) is 0 Å². The lowest BCUT2D eigenvalue weighted by Gasteiger charge is -2.36. The SMILES string of the molecule is CCC[C@@H](N)CN1CC(C)Cc2ccccc21. The summed E-state index contributed by atoms with van der Waals surface area (Å²) in [5, 5.41) is 0. The van der Waals surface area contributed by atoms with Gasteiger partial charge in [0.2, 0.25) is 0 Å². The van der Waals surface area contributed by atoms with Gasteiger partial charge >= 0.3 is 0 Å². The Labute approximate surface area is 105 Å². The summed E-state index contributed by atoms with van der Waals surface area (Å²) in [7, 11) is 0. The molecule has 1 aliphatic rings. The van der Waals surface area contributed by atoms with Crippen LogP contribution in [0.5, 0.6) is 0 Å². The number of anilines is 1. The Bertz CT molecular complexity index is 362. The predicted octanol–water partition coefficient (Wildman–Crippen LogP) is 2.81. The van der Waals surface area contributed by atoms with Crippen molar-refractivity contribution in [2.45, 2.75) is 39.2 Å². The fourth-order valence-electron chi connectivity index (χ4n) is 2.82. The molecule has 0 saturated heterocycles. The number of benzene rings is 1. The van der Waals surface area contributed by atoms with E-state index in [1.807, 2.05) is 0 Å². The number of para-hydroxylation sites is 1. The molecule has 94 valence electrons. The lowest BCUT2D eigenvalue weighted by atomic mass is 9.93. The quantitative estimate of drug-likeness (QED) is 0.865. The monoisotopic (exact) mass is 232 g/mol. The minimum absolute atomic E-state index is 0.304. The standard InChI is InChI=1S/C15H24N2/c1-3-6-14(16)11-17-10-12(2)9-13-7-4-5-8-15(13)17/h4-5,7-8,12,14H,3,6,9-11,16H2,1-2H3/t12?,14-/m1/s1. The minimum atomic E-state index is 0.304. The van der Waals surface area contributed by atoms with E-state index in [4.69, 9.17) is 5.73 Å². The Kier molecular flexibility index (Phi) is 4.06. The van der Waals surface area contributed by atoms with Gasteiger partial charge in [0.25, 0.3) is 0 Å². The van der Waals surface area contributed by atoms with E-state index in [-0.39, 0.29) is 0 Å². The van der Waals surface area contributed by atoms with E-state index in [0.717, 1.165) is 25.4 Å². The fourth-order valence-corrected chi connectivity index (χ4v) is 2.82. The van der Waals surface area contributed by atoms with Crippen LogP contribution in [-0.4, -0.2) is 19.1 Å². The molecule has 2 nitrogen and oxygen atoms in total. The molecule has 0 aromatic heterocycles. The third-order valence-electron chi connectivity index (χ3n) is 3.55. The maximum atomic E-state index is 6.18. The highest BCUT2D eigenvalue weighted by atomic mass is 15.2. The zero-order valence-electron chi connectivity index (χ0n) is 11.0. The topological polar surface area (TPSA) is 29.3 Å². The van der Waals surface area contributed by atoms with E-state index in [2.05, 4.69) is 43.0 Å². The smallest absolute Gasteiger partial charge is 0.0399 e. The van der Waals surface area contributed by atoms with Gasteiger partial charge in [0, 0.05) is 24.8 Å². The van der Waals surface area contributed by atoms with Crippen molar-refractivity contribution in [3.8, 4) is 0 Å². The number of nitrogens with zero attached hydrogens (tertiary/aromatic N) is 1. The van der Waals surface area contributed by atoms with Gasteiger partial charge in [0.1, 0.15) is 0 Å². The Morgan fingerprint density at radius 1 is 1.41 bits per heavy atom. The number of nitrogens with two attached hydrogens (primary N) is 1. The molecule has 0 radical (unpaired) electrons. The van der Waals surface area contributed by atoms with Gasteiger partial charge in [-0.05, 0) is 30.4 Å². The summed E-state index contributed by atoms with van der Waals surface area (Å²) in [5.41, 5.74) is 9.06. The second-order valence-electron chi connectivity index (χ2n) is 5.39. The summed E-state index contributed by atoms with van der Waals surface area (Å²) in [4.78, 5) is 2.48. The van der Waals surface area contributed by atoms with Crippen LogP contribution in [0.2, 0.25) is 0 Å². The number of rotatable bonds is 4. The summed E-state index contributed by atoms with van der Waals surface area (Å²) in [6.45, 7) is 6.67. The minimum Gasteiger partial charge on any atom is -0.369 e. The van der Waals surface area contributed by atoms with E-state index in [0.29, 0.717) is 6.04 Å². The Balaban J connectivity index is 2.12. The lowest BCUT2D eigenvalue weighted by molar-refractivity contribution is 0.499. The molecule has 0 aliphatic carbocycles. The second kappa shape index (κ2) is 5.54. The summed E-state index contributed by atoms with van der Waals surface area (Å²) < 4.78 is 0. The van der Waals surface area contributed by atoms with Crippen molar-refractivity contribution >= 4 is 5.69 Å². The van der Waals surface area contributed by atoms with Crippen LogP contribution in [0.15, 0.2) is 24.3 Å². The first kappa shape index (κ1) is 12.4. The average Bonchev–Trinajstić information content (AvgIpc) is 2.29. The van der Waals surface area contributed by atoms with Crippen LogP contribution in [0.3, 0.4) is 0 Å². The highest BCUT2D eigenvalue weighted by Gasteiger charge is 2.22. The molecule has 0 bridgehead atoms. The molecule has 1 unspecified atom stereocenters. The maximum Gasteiger partial charge on any atom is 0.0399 e. The van der Waals surface area contributed by atoms with Gasteiger partial charge in [-0.1, -0.05) is 38.5 Å². The molecule has 1 heterocycles. The van der Waals surface area contributed by atoms with Gasteiger partial charge in [0.05, 0.1) is 0 Å². The molecular formula is C15H24N2. The fraction of sp³-hybridized carbons (Fsp3) is 0.600. The number of hydrogen-bond acceptors (Lipinski definition) is 2. The van der Waals surface area contributed by atoms with E-state index in [1.165, 1.54) is 24.1 Å². The van der Waals surface area contributed by atoms with Gasteiger partial charge < -0.3 is 10.6 Å². The molecule has 17 heavy (non-hydrogen) atoms. The van der Waals surface area contributed by atoms with Gasteiger partial charge in [-0.25, -0.2) is 0 Å². The van der Waals surface area contributed by atoms with Crippen LogP contribution in [0.25, 0.3) is 0 Å². The van der Waals surface area contributed by atoms with Crippen LogP contribution >= 0.6 is 0 Å². The maximum absolute atomic E-state index is 6.18. The highest BCUT2D eigenvalue weighted by molar-refractivity contribution is 5.55. The summed E-state index contributed by atoms with van der Waals surface area (Å²) >= 11 is 0. The zero-order valence-corrected chi connectivity index (χ0v) is 11.0. The molecule has 2 rings (SSSR count). The van der Waals surface area contributed by atoms with Crippen molar-refractivity contribution in [2.75, 3.05) is 18.0 Å². The predicted molar refractivity (Wildman–Crippen MR) is 74.4 cm³/mol. The molecule has 1 aromatic carbocycles. The molecule has 1 aromatic rings. The average molecular weight is 232 g/mol. The van der Waals surface area contributed by atoms with Crippen LogP contribution in [0.1, 0.15) is 32.3 Å². The first-order valence-corrected chi connectivity index (χ1v) is 6.79. The van der Waals surface area contributed by atoms with E-state index >= 15 is 0 Å². The number of fused-ring (bicyclic) bond motifs is 1. The van der Waals surface area contributed by atoms with Gasteiger partial charge in [-0.2, -0.15) is 0 Å². The van der Waals surface area contributed by atoms with Gasteiger partial charge in [-0.3, -0.25) is 0 Å². The van der Waals surface area contributed by atoms with Crippen molar-refractivity contribution in [3.05, 3.63) is 29.8 Å². The van der Waals surface area contributed by atoms with E-state index in [1.54, 1.807) is 0 Å². The lowest BCUT2D eigenvalue weighted by Crippen LogP contribution is -2.42. The second-order valence-corrected chi connectivity index (χ2v) is 5.39. The summed E-state index contributed by atoms with van der Waals surface area (Å²) in [6.07, 6.45) is 3.49. The molecule has 2 N–H and O–H groups in total. The molecular weight excluding hydrogens is 208 g/mol. The molecule has 0 spiro atoms. The molecule has 0 saturated carbocycles. The molecule has 1 aliphatic heterocycles. The van der Waals surface area contributed by atoms with Crippen LogP contribution in [0.4, 0.5) is 5.69 Å². The van der Waals surface area contributed by atoms with Crippen LogP contribution < -0.4 is 10.6 Å². The van der Waals surface area contributed by atoms with Crippen LogP contribution in [0, 0.1) is 5.92 Å². The van der Waals surface area contributed by atoms with Crippen molar-refractivity contribution < 1.29 is 0 Å². The van der Waals surface area contributed by atoms with Crippen molar-refractivity contribution in [2.24, 2.45) is 11.7 Å². The third-order valence-corrected chi connectivity index (χ3v) is 3.55. The summed E-state index contributed by atoms with van der Waals surface area (Å²) in [6, 6.07) is 9.07. The largest absolute Gasteiger partial charge is 0.369 e. The zero-order chi connectivity index (χ0) is 12.3. The molecule has 2 atom stereocenters. The van der Waals surface area contributed by atoms with Gasteiger partial charge in [-0.15, -0.1) is 0 Å². The highest BCUT2D eigenvalue weighted by Crippen LogP contribution is 2.29.